The van der Waals surface area contributed by atoms with Crippen LogP contribution >= 0.6 is 11.6 Å². The molecule has 27 heavy (non-hydrogen) atoms. The number of hydrogen-bond acceptors (Lipinski definition) is 6. The van der Waals surface area contributed by atoms with E-state index in [1.165, 1.54) is 17.8 Å². The maximum absolute atomic E-state index is 12.7. The highest BCUT2D eigenvalue weighted by Gasteiger charge is 2.29. The molecule has 1 fully saturated rings. The van der Waals surface area contributed by atoms with Crippen LogP contribution in [-0.4, -0.2) is 47.8 Å². The molecule has 1 saturated heterocycles. The number of nitrogens with one attached hydrogen (secondary N) is 1. The summed E-state index contributed by atoms with van der Waals surface area (Å²) in [7, 11) is 1.84. The molecule has 1 aromatic heterocycles. The molecular formula is C18H21BClN3O4. The zero-order valence-electron chi connectivity index (χ0n) is 15.3. The average Bonchev–Trinajstić information content (AvgIpc) is 2.61. The van der Waals surface area contributed by atoms with Gasteiger partial charge >= 0.3 is 5.97 Å². The first kappa shape index (κ1) is 19.6. The van der Waals surface area contributed by atoms with Crippen LogP contribution in [0, 0.1) is 0 Å². The highest BCUT2D eigenvalue weighted by Crippen LogP contribution is 2.16. The van der Waals surface area contributed by atoms with E-state index in [9.17, 15) is 14.4 Å². The lowest BCUT2D eigenvalue weighted by molar-refractivity contribution is -0.150. The Morgan fingerprint density at radius 1 is 1.44 bits per heavy atom. The van der Waals surface area contributed by atoms with E-state index < -0.39 is 0 Å². The maximum atomic E-state index is 12.7. The Kier molecular flexibility index (Phi) is 5.96. The van der Waals surface area contributed by atoms with Gasteiger partial charge in [0.1, 0.15) is 14.0 Å². The fraction of sp³-hybridized carbons (Fsp3) is 0.444. The summed E-state index contributed by atoms with van der Waals surface area (Å²) in [6.07, 6.45) is 2.84. The van der Waals surface area contributed by atoms with Gasteiger partial charge in [-0.3, -0.25) is 19.0 Å². The van der Waals surface area contributed by atoms with Gasteiger partial charge in [0, 0.05) is 18.4 Å². The van der Waals surface area contributed by atoms with Gasteiger partial charge in [-0.05, 0) is 31.5 Å². The highest BCUT2D eigenvalue weighted by atomic mass is 35.5. The van der Waals surface area contributed by atoms with Crippen LogP contribution < -0.4 is 16.3 Å². The Morgan fingerprint density at radius 2 is 2.22 bits per heavy atom. The number of piperidine rings is 1. The van der Waals surface area contributed by atoms with Gasteiger partial charge in [0.2, 0.25) is 0 Å². The van der Waals surface area contributed by atoms with Gasteiger partial charge in [0.15, 0.2) is 5.78 Å². The van der Waals surface area contributed by atoms with Gasteiger partial charge in [-0.2, -0.15) is 0 Å². The van der Waals surface area contributed by atoms with E-state index in [0.717, 1.165) is 24.8 Å². The maximum Gasteiger partial charge on any atom is 0.302 e. The minimum absolute atomic E-state index is 0.0851. The van der Waals surface area contributed by atoms with E-state index in [1.807, 2.05) is 7.85 Å². The van der Waals surface area contributed by atoms with Crippen LogP contribution in [0.1, 0.15) is 26.2 Å². The van der Waals surface area contributed by atoms with Gasteiger partial charge in [0.25, 0.3) is 5.56 Å². The summed E-state index contributed by atoms with van der Waals surface area (Å²) >= 11 is 6.11. The number of halogens is 1. The van der Waals surface area contributed by atoms with Crippen LogP contribution in [0.5, 0.6) is 0 Å². The summed E-state index contributed by atoms with van der Waals surface area (Å²) in [6.45, 7) is 2.05. The first-order valence-electron chi connectivity index (χ1n) is 8.92. The van der Waals surface area contributed by atoms with Gasteiger partial charge in [-0.25, -0.2) is 4.98 Å². The van der Waals surface area contributed by atoms with E-state index in [1.54, 1.807) is 12.1 Å². The van der Waals surface area contributed by atoms with Crippen molar-refractivity contribution < 1.29 is 14.3 Å². The molecule has 1 aliphatic heterocycles. The molecule has 0 spiro atoms. The molecule has 1 N–H and O–H groups in total. The normalized spacial score (nSPS) is 19.8. The van der Waals surface area contributed by atoms with E-state index in [2.05, 4.69) is 10.3 Å². The number of Topliss-reactive ketones (excluding diaryl/α,β-unsaturated/α-hetero) is 1. The lowest BCUT2D eigenvalue weighted by Crippen LogP contribution is -2.48. The quantitative estimate of drug-likeness (QED) is 0.570. The third-order valence-corrected chi connectivity index (χ3v) is 5.14. The molecule has 2 atom stereocenters. The number of hydrogen-bond donors (Lipinski definition) is 1. The second kappa shape index (κ2) is 8.23. The third kappa shape index (κ3) is 4.57. The molecular weight excluding hydrogens is 368 g/mol. The van der Waals surface area contributed by atoms with Crippen molar-refractivity contribution in [2.75, 3.05) is 6.54 Å². The fourth-order valence-corrected chi connectivity index (χ4v) is 3.54. The van der Waals surface area contributed by atoms with Crippen LogP contribution in [0.2, 0.25) is 5.02 Å². The molecule has 0 unspecified atom stereocenters. The first-order valence-corrected chi connectivity index (χ1v) is 9.30. The van der Waals surface area contributed by atoms with Crippen molar-refractivity contribution in [3.63, 3.8) is 0 Å². The smallest absolute Gasteiger partial charge is 0.302 e. The van der Waals surface area contributed by atoms with Crippen molar-refractivity contribution in [1.29, 1.82) is 0 Å². The van der Waals surface area contributed by atoms with E-state index in [-0.39, 0.29) is 42.4 Å². The minimum atomic E-state index is -0.358. The van der Waals surface area contributed by atoms with E-state index in [4.69, 9.17) is 16.3 Å². The molecule has 0 radical (unpaired) electrons. The Labute approximate surface area is 162 Å². The van der Waals surface area contributed by atoms with Crippen molar-refractivity contribution >= 4 is 47.6 Å². The van der Waals surface area contributed by atoms with E-state index in [0.29, 0.717) is 15.9 Å². The number of benzene rings is 1. The molecule has 0 amide bonds. The predicted octanol–water partition coefficient (Wildman–Crippen LogP) is -0.0488. The summed E-state index contributed by atoms with van der Waals surface area (Å²) in [5, 5.41) is 4.10. The summed E-state index contributed by atoms with van der Waals surface area (Å²) in [5.74, 6) is -0.490. The monoisotopic (exact) mass is 389 g/mol. The van der Waals surface area contributed by atoms with Crippen LogP contribution in [0.15, 0.2) is 23.3 Å². The minimum Gasteiger partial charge on any atom is -0.461 e. The fourth-order valence-electron chi connectivity index (χ4n) is 3.38. The van der Waals surface area contributed by atoms with Crippen LogP contribution in [0.25, 0.3) is 10.9 Å². The van der Waals surface area contributed by atoms with Gasteiger partial charge in [0.05, 0.1) is 29.8 Å². The Morgan fingerprint density at radius 3 is 2.96 bits per heavy atom. The Balaban J connectivity index is 1.75. The molecule has 142 valence electrons. The number of aromatic nitrogens is 2. The summed E-state index contributed by atoms with van der Waals surface area (Å²) < 4.78 is 6.60. The summed E-state index contributed by atoms with van der Waals surface area (Å²) in [6, 6.07) is 3.10. The number of esters is 1. The summed E-state index contributed by atoms with van der Waals surface area (Å²) in [4.78, 5) is 40.7. The third-order valence-electron chi connectivity index (χ3n) is 4.74. The molecule has 2 aromatic rings. The largest absolute Gasteiger partial charge is 0.461 e. The molecule has 0 aliphatic carbocycles. The SMILES string of the molecule is Bc1cc2ncn(CC(=O)C[C@H]3NCCC[C@@H]3OC(C)=O)c(=O)c2cc1Cl. The predicted molar refractivity (Wildman–Crippen MR) is 105 cm³/mol. The van der Waals surface area contributed by atoms with Crippen molar-refractivity contribution in [3.05, 3.63) is 33.8 Å². The van der Waals surface area contributed by atoms with Crippen LogP contribution in [0.3, 0.4) is 0 Å². The highest BCUT2D eigenvalue weighted by molar-refractivity contribution is 6.45. The van der Waals surface area contributed by atoms with Gasteiger partial charge in [-0.1, -0.05) is 17.1 Å². The average molecular weight is 390 g/mol. The molecule has 2 heterocycles. The molecule has 1 aromatic carbocycles. The molecule has 3 rings (SSSR count). The lowest BCUT2D eigenvalue weighted by atomic mass is 9.95. The van der Waals surface area contributed by atoms with Crippen molar-refractivity contribution in [3.8, 4) is 0 Å². The number of ether oxygens (including phenoxy) is 1. The van der Waals surface area contributed by atoms with Crippen LogP contribution in [-0.2, 0) is 20.9 Å². The molecule has 7 nitrogen and oxygen atoms in total. The number of ketones is 1. The zero-order valence-corrected chi connectivity index (χ0v) is 16.1. The Bertz CT molecular complexity index is 946. The van der Waals surface area contributed by atoms with Crippen molar-refractivity contribution in [2.45, 2.75) is 44.9 Å². The first-order chi connectivity index (χ1) is 12.8. The van der Waals surface area contributed by atoms with Gasteiger partial charge in [-0.15, -0.1) is 0 Å². The van der Waals surface area contributed by atoms with E-state index >= 15 is 0 Å². The topological polar surface area (TPSA) is 90.3 Å². The number of carbonyl (C=O) groups excluding carboxylic acids is 2. The standard InChI is InChI=1S/C18H21BClN3O4/c1-10(24)27-17-3-2-4-21-16(17)5-11(25)8-23-9-22-15-7-13(19)14(20)6-12(15)18(23)26/h6-7,9,16-17,21H,2-5,8,19H2,1H3/t16-,17+/m1/s1. The number of fused-ring (bicyclic) bond motifs is 1. The Hall–Kier alpha value is -2.19. The van der Waals surface area contributed by atoms with Gasteiger partial charge < -0.3 is 10.1 Å². The molecule has 0 bridgehead atoms. The molecule has 1 aliphatic rings. The van der Waals surface area contributed by atoms with Crippen molar-refractivity contribution in [1.82, 2.24) is 14.9 Å². The lowest BCUT2D eigenvalue weighted by Gasteiger charge is -2.31. The second-order valence-corrected chi connectivity index (χ2v) is 7.30. The second-order valence-electron chi connectivity index (χ2n) is 6.89. The van der Waals surface area contributed by atoms with Crippen molar-refractivity contribution in [2.24, 2.45) is 0 Å². The zero-order chi connectivity index (χ0) is 19.6. The number of rotatable bonds is 5. The molecule has 9 heteroatoms. The number of nitrogens with zero attached hydrogens (tertiary/aromatic N) is 2. The molecule has 0 saturated carbocycles. The number of carbonyl (C=O) groups is 2. The summed E-state index contributed by atoms with van der Waals surface area (Å²) in [5.41, 5.74) is 1.09. The van der Waals surface area contributed by atoms with Crippen LogP contribution in [0.4, 0.5) is 0 Å².